The number of amides is 3. The summed E-state index contributed by atoms with van der Waals surface area (Å²) in [6.07, 6.45) is 7.90. The summed E-state index contributed by atoms with van der Waals surface area (Å²) in [5, 5.41) is 0.285. The second-order valence-corrected chi connectivity index (χ2v) is 8.42. The molecule has 1 aromatic rings. The number of nitrogens with zero attached hydrogens (tertiary/aromatic N) is 2. The Morgan fingerprint density at radius 3 is 2.23 bits per heavy atom. The van der Waals surface area contributed by atoms with Gasteiger partial charge in [0.15, 0.2) is 6.61 Å². The van der Waals surface area contributed by atoms with Crippen LogP contribution in [-0.4, -0.2) is 52.7 Å². The van der Waals surface area contributed by atoms with Crippen molar-refractivity contribution in [3.05, 3.63) is 45.1 Å². The van der Waals surface area contributed by atoms with Gasteiger partial charge in [0.25, 0.3) is 17.7 Å². The zero-order valence-corrected chi connectivity index (χ0v) is 17.7. The highest BCUT2D eigenvalue weighted by atomic mass is 35.5. The Labute approximate surface area is 183 Å². The van der Waals surface area contributed by atoms with E-state index >= 15 is 0 Å². The Kier molecular flexibility index (Phi) is 5.84. The lowest BCUT2D eigenvalue weighted by Gasteiger charge is -2.27. The Hall–Kier alpha value is -2.38. The third-order valence-corrected chi connectivity index (χ3v) is 6.13. The van der Waals surface area contributed by atoms with Crippen LogP contribution in [0.15, 0.2) is 23.9 Å². The van der Waals surface area contributed by atoms with E-state index in [-0.39, 0.29) is 33.1 Å². The molecule has 158 valence electrons. The molecule has 1 saturated carbocycles. The van der Waals surface area contributed by atoms with Gasteiger partial charge in [0.1, 0.15) is 6.54 Å². The molecule has 0 aromatic heterocycles. The van der Waals surface area contributed by atoms with E-state index in [0.29, 0.717) is 0 Å². The van der Waals surface area contributed by atoms with Gasteiger partial charge in [0.2, 0.25) is 0 Å². The van der Waals surface area contributed by atoms with Crippen molar-refractivity contribution in [2.75, 3.05) is 13.2 Å². The Bertz CT molecular complexity index is 929. The molecule has 0 saturated heterocycles. The van der Waals surface area contributed by atoms with Crippen molar-refractivity contribution >= 4 is 46.9 Å². The molecule has 0 unspecified atom stereocenters. The molecule has 0 N–H and O–H groups in total. The van der Waals surface area contributed by atoms with Gasteiger partial charge in [-0.2, -0.15) is 0 Å². The summed E-state index contributed by atoms with van der Waals surface area (Å²) < 4.78 is 5.10. The number of fused-ring (bicyclic) bond motifs is 1. The number of carbonyl (C=O) groups excluding carboxylic acids is 4. The lowest BCUT2D eigenvalue weighted by atomic mass is 10.0. The lowest BCUT2D eigenvalue weighted by molar-refractivity contribution is -0.151. The van der Waals surface area contributed by atoms with Gasteiger partial charge in [-0.15, -0.1) is 0 Å². The molecule has 30 heavy (non-hydrogen) atoms. The van der Waals surface area contributed by atoms with E-state index in [0.717, 1.165) is 49.1 Å². The Balaban J connectivity index is 1.37. The first kappa shape index (κ1) is 20.9. The van der Waals surface area contributed by atoms with Crippen molar-refractivity contribution in [2.45, 2.75) is 44.6 Å². The van der Waals surface area contributed by atoms with Gasteiger partial charge in [-0.3, -0.25) is 24.1 Å². The number of hydrogen-bond acceptors (Lipinski definition) is 5. The van der Waals surface area contributed by atoms with Crippen LogP contribution in [0.4, 0.5) is 0 Å². The van der Waals surface area contributed by atoms with Crippen molar-refractivity contribution in [1.82, 2.24) is 9.80 Å². The van der Waals surface area contributed by atoms with E-state index in [4.69, 9.17) is 27.9 Å². The first-order valence-electron chi connectivity index (χ1n) is 9.88. The molecule has 3 amide bonds. The number of hydrogen-bond donors (Lipinski definition) is 0. The molecule has 1 aromatic carbocycles. The highest BCUT2D eigenvalue weighted by Crippen LogP contribution is 2.34. The lowest BCUT2D eigenvalue weighted by Crippen LogP contribution is -2.39. The monoisotopic (exact) mass is 450 g/mol. The van der Waals surface area contributed by atoms with E-state index in [1.54, 1.807) is 4.90 Å². The van der Waals surface area contributed by atoms with Crippen LogP contribution in [0.3, 0.4) is 0 Å². The van der Waals surface area contributed by atoms with Crippen LogP contribution in [0.25, 0.3) is 0 Å². The number of carbonyl (C=O) groups is 4. The quantitative estimate of drug-likeness (QED) is 0.488. The van der Waals surface area contributed by atoms with Gasteiger partial charge in [0, 0.05) is 11.7 Å². The SMILES string of the molecule is O=C(CN1C(=O)c2cc(Cl)c(Cl)cc2C1=O)OCC(=O)N(C1=CCCCC1)C1CC1. The molecule has 0 atom stereocenters. The molecule has 0 spiro atoms. The second kappa shape index (κ2) is 8.40. The van der Waals surface area contributed by atoms with Gasteiger partial charge in [0.05, 0.1) is 21.2 Å². The van der Waals surface area contributed by atoms with Crippen LogP contribution in [0.5, 0.6) is 0 Å². The number of imide groups is 1. The first-order valence-corrected chi connectivity index (χ1v) is 10.6. The van der Waals surface area contributed by atoms with Gasteiger partial charge >= 0.3 is 5.97 Å². The van der Waals surface area contributed by atoms with Crippen LogP contribution in [0.2, 0.25) is 10.0 Å². The highest BCUT2D eigenvalue weighted by molar-refractivity contribution is 6.43. The highest BCUT2D eigenvalue weighted by Gasteiger charge is 2.39. The van der Waals surface area contributed by atoms with E-state index < -0.39 is 30.9 Å². The minimum atomic E-state index is -0.830. The summed E-state index contributed by atoms with van der Waals surface area (Å²) in [6.45, 7) is -1.01. The normalized spacial score (nSPS) is 18.2. The van der Waals surface area contributed by atoms with E-state index in [2.05, 4.69) is 6.08 Å². The number of ether oxygens (including phenoxy) is 1. The maximum Gasteiger partial charge on any atom is 0.326 e. The molecular weight excluding hydrogens is 431 g/mol. The number of esters is 1. The molecule has 1 heterocycles. The molecule has 2 aliphatic carbocycles. The van der Waals surface area contributed by atoms with Crippen LogP contribution in [-0.2, 0) is 14.3 Å². The summed E-state index contributed by atoms with van der Waals surface area (Å²) in [5.74, 6) is -2.41. The smallest absolute Gasteiger partial charge is 0.326 e. The average molecular weight is 451 g/mol. The summed E-state index contributed by atoms with van der Waals surface area (Å²) >= 11 is 11.8. The van der Waals surface area contributed by atoms with Crippen molar-refractivity contribution in [3.63, 3.8) is 0 Å². The largest absolute Gasteiger partial charge is 0.454 e. The fourth-order valence-corrected chi connectivity index (χ4v) is 4.11. The van der Waals surface area contributed by atoms with Gasteiger partial charge < -0.3 is 9.64 Å². The van der Waals surface area contributed by atoms with E-state index in [1.807, 2.05) is 0 Å². The molecular formula is C21H20Cl2N2O5. The molecule has 7 nitrogen and oxygen atoms in total. The molecule has 9 heteroatoms. The van der Waals surface area contributed by atoms with Crippen molar-refractivity contribution in [2.24, 2.45) is 0 Å². The van der Waals surface area contributed by atoms with E-state index in [1.165, 1.54) is 12.1 Å². The van der Waals surface area contributed by atoms with Crippen LogP contribution >= 0.6 is 23.2 Å². The molecule has 0 bridgehead atoms. The Morgan fingerprint density at radius 1 is 1.07 bits per heavy atom. The van der Waals surface area contributed by atoms with Crippen molar-refractivity contribution in [3.8, 4) is 0 Å². The average Bonchev–Trinajstić information content (AvgIpc) is 3.54. The predicted octanol–water partition coefficient (Wildman–Crippen LogP) is 3.58. The summed E-state index contributed by atoms with van der Waals surface area (Å²) in [7, 11) is 0. The maximum absolute atomic E-state index is 12.7. The van der Waals surface area contributed by atoms with Crippen LogP contribution < -0.4 is 0 Å². The fraction of sp³-hybridized carbons (Fsp3) is 0.429. The standard InChI is InChI=1S/C21H20Cl2N2O5/c22-16-8-14-15(9-17(16)23)21(29)24(20(14)28)10-19(27)30-11-18(26)25(13-6-7-13)12-4-2-1-3-5-12/h4,8-9,13H,1-3,5-7,10-11H2. The maximum atomic E-state index is 12.7. The minimum Gasteiger partial charge on any atom is -0.454 e. The molecule has 4 rings (SSSR count). The van der Waals surface area contributed by atoms with Gasteiger partial charge in [-0.1, -0.05) is 29.3 Å². The predicted molar refractivity (Wildman–Crippen MR) is 109 cm³/mol. The first-order chi connectivity index (χ1) is 14.4. The topological polar surface area (TPSA) is 84.0 Å². The molecule has 0 radical (unpaired) electrons. The van der Waals surface area contributed by atoms with Crippen LogP contribution in [0, 0.1) is 0 Å². The summed E-state index contributed by atoms with van der Waals surface area (Å²) in [6, 6.07) is 2.78. The zero-order valence-electron chi connectivity index (χ0n) is 16.2. The van der Waals surface area contributed by atoms with E-state index in [9.17, 15) is 19.2 Å². The zero-order chi connectivity index (χ0) is 21.4. The molecule has 1 aliphatic heterocycles. The number of halogens is 2. The van der Waals surface area contributed by atoms with Gasteiger partial charge in [-0.05, 0) is 50.7 Å². The summed E-state index contributed by atoms with van der Waals surface area (Å²) in [5.41, 5.74) is 1.17. The fourth-order valence-electron chi connectivity index (χ4n) is 3.78. The molecule has 1 fully saturated rings. The van der Waals surface area contributed by atoms with Crippen molar-refractivity contribution < 1.29 is 23.9 Å². The number of benzene rings is 1. The summed E-state index contributed by atoms with van der Waals surface area (Å²) in [4.78, 5) is 52.4. The minimum absolute atomic E-state index is 0.0856. The Morgan fingerprint density at radius 2 is 1.70 bits per heavy atom. The van der Waals surface area contributed by atoms with Gasteiger partial charge in [-0.25, -0.2) is 0 Å². The third-order valence-electron chi connectivity index (χ3n) is 5.41. The molecule has 3 aliphatic rings. The number of rotatable bonds is 6. The van der Waals surface area contributed by atoms with Crippen molar-refractivity contribution in [1.29, 1.82) is 0 Å². The second-order valence-electron chi connectivity index (χ2n) is 7.61. The number of allylic oxidation sites excluding steroid dienone is 2. The third kappa shape index (κ3) is 4.09. The van der Waals surface area contributed by atoms with Crippen LogP contribution in [0.1, 0.15) is 59.2 Å².